The third-order valence-electron chi connectivity index (χ3n) is 10.2. The van der Waals surface area contributed by atoms with Crippen LogP contribution >= 0.6 is 0 Å². The van der Waals surface area contributed by atoms with Gasteiger partial charge < -0.3 is 31.1 Å². The molecule has 53 heavy (non-hydrogen) atoms. The van der Waals surface area contributed by atoms with Gasteiger partial charge in [-0.25, -0.2) is 0 Å². The minimum absolute atomic E-state index is 0.0429. The van der Waals surface area contributed by atoms with Crippen LogP contribution in [0.5, 0.6) is 0 Å². The van der Waals surface area contributed by atoms with Crippen molar-refractivity contribution in [2.24, 2.45) is 0 Å². The molecule has 0 bridgehead atoms. The molecule has 2 aliphatic rings. The molecule has 10 heteroatoms. The first kappa shape index (κ1) is 37.1. The lowest BCUT2D eigenvalue weighted by Gasteiger charge is -2.40. The third-order valence-corrected chi connectivity index (χ3v) is 10.2. The van der Waals surface area contributed by atoms with Crippen LogP contribution in [0.3, 0.4) is 0 Å². The first-order chi connectivity index (χ1) is 25.7. The molecule has 0 saturated carbocycles. The van der Waals surface area contributed by atoms with Crippen LogP contribution in [0.2, 0.25) is 0 Å². The van der Waals surface area contributed by atoms with Gasteiger partial charge in [-0.3, -0.25) is 19.2 Å². The van der Waals surface area contributed by atoms with E-state index < -0.39 is 0 Å². The number of hydrogen-bond acceptors (Lipinski definition) is 6. The Balaban J connectivity index is 0.943. The van der Waals surface area contributed by atoms with Gasteiger partial charge in [0.05, 0.1) is 12.1 Å². The van der Waals surface area contributed by atoms with Crippen molar-refractivity contribution >= 4 is 46.4 Å². The maximum absolute atomic E-state index is 12.8. The first-order valence-electron chi connectivity index (χ1n) is 18.8. The van der Waals surface area contributed by atoms with E-state index in [1.807, 2.05) is 84.3 Å². The smallest absolute Gasteiger partial charge is 0.251 e. The van der Waals surface area contributed by atoms with Gasteiger partial charge in [0.1, 0.15) is 0 Å². The topological polar surface area (TPSA) is 123 Å². The Morgan fingerprint density at radius 1 is 0.566 bits per heavy atom. The molecule has 6 rings (SSSR count). The number of amides is 4. The van der Waals surface area contributed by atoms with E-state index in [0.717, 1.165) is 46.7 Å². The van der Waals surface area contributed by atoms with Crippen LogP contribution in [0.1, 0.15) is 104 Å². The fourth-order valence-corrected chi connectivity index (χ4v) is 7.53. The standard InChI is InChI=1S/C43H50N6O4/c1-5-40(50)48-28(3)26-36(34-12-7-9-14-38(34)48)46-32-20-16-30(17-21-32)42(52)44-24-11-25-45-43(53)31-18-22-33(23-19-31)47-37-27-29(4)49(41(51)6-2)39-15-10-8-13-35(37)39/h7-10,12-23,28-29,36-37,46-47H,5-6,11,24-27H2,1-4H3,(H,44,52)(H,45,53)/t28-,29-,36+,37+/m0/s1. The largest absolute Gasteiger partial charge is 0.378 e. The Hall–Kier alpha value is -5.64. The second-order valence-corrected chi connectivity index (χ2v) is 13.9. The molecule has 0 saturated heterocycles. The van der Waals surface area contributed by atoms with Crippen LogP contribution < -0.4 is 31.1 Å². The van der Waals surface area contributed by atoms with Crippen molar-refractivity contribution in [2.45, 2.75) is 84.0 Å². The Morgan fingerprint density at radius 3 is 1.32 bits per heavy atom. The van der Waals surface area contributed by atoms with Gasteiger partial charge in [-0.05, 0) is 105 Å². The third kappa shape index (κ3) is 8.38. The van der Waals surface area contributed by atoms with Crippen molar-refractivity contribution in [3.8, 4) is 0 Å². The average molecular weight is 715 g/mol. The highest BCUT2D eigenvalue weighted by atomic mass is 16.2. The predicted octanol–water partition coefficient (Wildman–Crippen LogP) is 7.61. The summed E-state index contributed by atoms with van der Waals surface area (Å²) in [6, 6.07) is 31.1. The second-order valence-electron chi connectivity index (χ2n) is 13.9. The van der Waals surface area contributed by atoms with Crippen molar-refractivity contribution in [3.05, 3.63) is 119 Å². The van der Waals surface area contributed by atoms with Crippen LogP contribution in [0.4, 0.5) is 22.7 Å². The van der Waals surface area contributed by atoms with Gasteiger partial charge >= 0.3 is 0 Å². The van der Waals surface area contributed by atoms with Crippen LogP contribution in [-0.2, 0) is 9.59 Å². The molecule has 276 valence electrons. The Morgan fingerprint density at radius 2 is 0.943 bits per heavy atom. The van der Waals surface area contributed by atoms with E-state index in [9.17, 15) is 19.2 Å². The molecule has 0 aromatic heterocycles. The van der Waals surface area contributed by atoms with E-state index in [4.69, 9.17) is 0 Å². The molecule has 2 heterocycles. The number of rotatable bonds is 12. The maximum atomic E-state index is 12.8. The van der Waals surface area contributed by atoms with E-state index in [0.29, 0.717) is 43.5 Å². The quantitative estimate of drug-likeness (QED) is 0.112. The van der Waals surface area contributed by atoms with Crippen molar-refractivity contribution < 1.29 is 19.2 Å². The lowest BCUT2D eigenvalue weighted by Crippen LogP contribution is -2.44. The summed E-state index contributed by atoms with van der Waals surface area (Å²) in [5, 5.41) is 13.1. The lowest BCUT2D eigenvalue weighted by molar-refractivity contribution is -0.119. The van der Waals surface area contributed by atoms with Crippen molar-refractivity contribution in [3.63, 3.8) is 0 Å². The molecule has 0 radical (unpaired) electrons. The molecule has 4 amide bonds. The van der Waals surface area contributed by atoms with E-state index in [2.05, 4.69) is 47.2 Å². The summed E-state index contributed by atoms with van der Waals surface area (Å²) in [7, 11) is 0. The highest BCUT2D eigenvalue weighted by Gasteiger charge is 2.34. The summed E-state index contributed by atoms with van der Waals surface area (Å²) in [6.07, 6.45) is 3.07. The summed E-state index contributed by atoms with van der Waals surface area (Å²) < 4.78 is 0. The highest BCUT2D eigenvalue weighted by molar-refractivity contribution is 5.97. The van der Waals surface area contributed by atoms with Gasteiger partial charge in [0.15, 0.2) is 0 Å². The second kappa shape index (κ2) is 16.8. The molecule has 2 aliphatic heterocycles. The zero-order chi connectivity index (χ0) is 37.5. The number of anilines is 4. The van der Waals surface area contributed by atoms with Crippen molar-refractivity contribution in [1.29, 1.82) is 0 Å². The number of fused-ring (bicyclic) bond motifs is 2. The highest BCUT2D eigenvalue weighted by Crippen LogP contribution is 2.40. The molecular weight excluding hydrogens is 665 g/mol. The number of carbonyl (C=O) groups excluding carboxylic acids is 4. The van der Waals surface area contributed by atoms with Crippen LogP contribution in [0.25, 0.3) is 0 Å². The SMILES string of the molecule is CCC(=O)N1c2ccccc2[C@H](Nc2ccc(C(=O)NCCCNC(=O)c3ccc(N[C@@H]4C[C@H](C)N(C(=O)CC)c5ccccc54)cc3)cc2)C[C@@H]1C. The number of para-hydroxylation sites is 2. The van der Waals surface area contributed by atoms with Gasteiger partial charge in [0.25, 0.3) is 11.8 Å². The van der Waals surface area contributed by atoms with Crippen molar-refractivity contribution in [1.82, 2.24) is 10.6 Å². The molecule has 4 N–H and O–H groups in total. The van der Waals surface area contributed by atoms with E-state index >= 15 is 0 Å². The van der Waals surface area contributed by atoms with Crippen LogP contribution in [-0.4, -0.2) is 48.8 Å². The summed E-state index contributed by atoms with van der Waals surface area (Å²) in [5.74, 6) is -0.0961. The average Bonchev–Trinajstić information content (AvgIpc) is 3.17. The van der Waals surface area contributed by atoms with Gasteiger partial charge in [-0.2, -0.15) is 0 Å². The fourth-order valence-electron chi connectivity index (χ4n) is 7.53. The fraction of sp³-hybridized carbons (Fsp3) is 0.349. The van der Waals surface area contributed by atoms with Gasteiger partial charge in [0, 0.05) is 71.9 Å². The van der Waals surface area contributed by atoms with Gasteiger partial charge in [-0.15, -0.1) is 0 Å². The molecule has 4 aromatic rings. The Kier molecular flexibility index (Phi) is 11.8. The lowest BCUT2D eigenvalue weighted by atomic mass is 9.91. The first-order valence-corrected chi connectivity index (χ1v) is 18.8. The van der Waals surface area contributed by atoms with E-state index in [1.54, 1.807) is 24.3 Å². The van der Waals surface area contributed by atoms with Gasteiger partial charge in [0.2, 0.25) is 11.8 Å². The summed E-state index contributed by atoms with van der Waals surface area (Å²) in [5.41, 5.74) is 7.00. The molecule has 10 nitrogen and oxygen atoms in total. The van der Waals surface area contributed by atoms with E-state index in [1.165, 1.54) is 0 Å². The minimum Gasteiger partial charge on any atom is -0.378 e. The molecule has 0 fully saturated rings. The van der Waals surface area contributed by atoms with Crippen LogP contribution in [0, 0.1) is 0 Å². The maximum Gasteiger partial charge on any atom is 0.251 e. The molecule has 0 spiro atoms. The number of nitrogens with one attached hydrogen (secondary N) is 4. The molecule has 4 aromatic carbocycles. The normalized spacial score (nSPS) is 19.0. The number of carbonyl (C=O) groups is 4. The number of hydrogen-bond donors (Lipinski definition) is 4. The minimum atomic E-state index is -0.170. The summed E-state index contributed by atoms with van der Waals surface area (Å²) >= 11 is 0. The number of benzene rings is 4. The molecule has 4 atom stereocenters. The van der Waals surface area contributed by atoms with Crippen molar-refractivity contribution in [2.75, 3.05) is 33.5 Å². The molecular formula is C43H50N6O4. The zero-order valence-electron chi connectivity index (χ0n) is 31.0. The summed E-state index contributed by atoms with van der Waals surface area (Å²) in [4.78, 5) is 54.8. The van der Waals surface area contributed by atoms with Gasteiger partial charge in [-0.1, -0.05) is 50.2 Å². The Bertz CT molecular complexity index is 1790. The number of nitrogens with zero attached hydrogens (tertiary/aromatic N) is 2. The monoisotopic (exact) mass is 714 g/mol. The molecule has 0 aliphatic carbocycles. The van der Waals surface area contributed by atoms with E-state index in [-0.39, 0.29) is 47.8 Å². The molecule has 0 unspecified atom stereocenters. The zero-order valence-corrected chi connectivity index (χ0v) is 31.0. The Labute approximate surface area is 312 Å². The van der Waals surface area contributed by atoms with Crippen LogP contribution in [0.15, 0.2) is 97.1 Å². The predicted molar refractivity (Wildman–Crippen MR) is 211 cm³/mol. The summed E-state index contributed by atoms with van der Waals surface area (Å²) in [6.45, 7) is 8.79.